The first kappa shape index (κ1) is 11.5. The molecule has 2 heterocycles. The lowest BCUT2D eigenvalue weighted by Gasteiger charge is -2.10. The SMILES string of the molecule is Cc1c(N)cccc1Cn1ccn2nccc2c1=O. The molecule has 0 amide bonds. The van der Waals surface area contributed by atoms with Crippen molar-refractivity contribution in [1.82, 2.24) is 14.2 Å². The molecule has 5 heteroatoms. The van der Waals surface area contributed by atoms with E-state index >= 15 is 0 Å². The topological polar surface area (TPSA) is 65.3 Å². The lowest BCUT2D eigenvalue weighted by Crippen LogP contribution is -2.22. The van der Waals surface area contributed by atoms with Crippen molar-refractivity contribution in [2.24, 2.45) is 0 Å². The highest BCUT2D eigenvalue weighted by Crippen LogP contribution is 2.16. The van der Waals surface area contributed by atoms with Gasteiger partial charge in [0, 0.05) is 18.1 Å². The minimum Gasteiger partial charge on any atom is -0.399 e. The summed E-state index contributed by atoms with van der Waals surface area (Å²) in [4.78, 5) is 12.3. The second-order valence-electron chi connectivity index (χ2n) is 4.52. The van der Waals surface area contributed by atoms with Gasteiger partial charge < -0.3 is 10.3 Å². The maximum atomic E-state index is 12.3. The molecule has 1 aromatic carbocycles. The number of anilines is 1. The molecule has 0 saturated carbocycles. The molecule has 19 heavy (non-hydrogen) atoms. The van der Waals surface area contributed by atoms with E-state index in [0.717, 1.165) is 16.8 Å². The Morgan fingerprint density at radius 3 is 2.95 bits per heavy atom. The van der Waals surface area contributed by atoms with E-state index in [1.165, 1.54) is 0 Å². The third-order valence-corrected chi connectivity index (χ3v) is 3.37. The maximum Gasteiger partial charge on any atom is 0.276 e. The molecule has 0 aliphatic rings. The highest BCUT2D eigenvalue weighted by atomic mass is 16.1. The molecular formula is C14H14N4O. The zero-order valence-corrected chi connectivity index (χ0v) is 10.6. The van der Waals surface area contributed by atoms with Crippen LogP contribution in [0.1, 0.15) is 11.1 Å². The lowest BCUT2D eigenvalue weighted by molar-refractivity contribution is 0.740. The van der Waals surface area contributed by atoms with E-state index in [0.29, 0.717) is 12.1 Å². The van der Waals surface area contributed by atoms with Gasteiger partial charge in [-0.15, -0.1) is 0 Å². The van der Waals surface area contributed by atoms with E-state index in [-0.39, 0.29) is 5.56 Å². The van der Waals surface area contributed by atoms with Crippen molar-refractivity contribution in [2.75, 3.05) is 5.73 Å². The molecule has 3 rings (SSSR count). The van der Waals surface area contributed by atoms with Gasteiger partial charge in [-0.05, 0) is 30.2 Å². The summed E-state index contributed by atoms with van der Waals surface area (Å²) in [5, 5.41) is 4.04. The van der Waals surface area contributed by atoms with Crippen LogP contribution < -0.4 is 11.3 Å². The first-order chi connectivity index (χ1) is 9.16. The van der Waals surface area contributed by atoms with Crippen LogP contribution in [0.25, 0.3) is 5.52 Å². The van der Waals surface area contributed by atoms with Crippen molar-refractivity contribution in [3.63, 3.8) is 0 Å². The Hall–Kier alpha value is -2.56. The van der Waals surface area contributed by atoms with E-state index < -0.39 is 0 Å². The largest absolute Gasteiger partial charge is 0.399 e. The van der Waals surface area contributed by atoms with Crippen LogP contribution >= 0.6 is 0 Å². The van der Waals surface area contributed by atoms with Crippen LogP contribution in [-0.4, -0.2) is 14.2 Å². The molecule has 0 aliphatic heterocycles. The predicted octanol–water partition coefficient (Wildman–Crippen LogP) is 1.43. The van der Waals surface area contributed by atoms with Crippen molar-refractivity contribution in [2.45, 2.75) is 13.5 Å². The van der Waals surface area contributed by atoms with Gasteiger partial charge in [-0.1, -0.05) is 12.1 Å². The molecule has 0 unspecified atom stereocenters. The Labute approximate surface area is 109 Å². The molecule has 0 spiro atoms. The summed E-state index contributed by atoms with van der Waals surface area (Å²) >= 11 is 0. The predicted molar refractivity (Wildman–Crippen MR) is 74.1 cm³/mol. The van der Waals surface area contributed by atoms with Crippen molar-refractivity contribution in [3.05, 3.63) is 64.3 Å². The third kappa shape index (κ3) is 1.89. The van der Waals surface area contributed by atoms with Crippen LogP contribution in [0.2, 0.25) is 0 Å². The van der Waals surface area contributed by atoms with Crippen LogP contribution in [0.3, 0.4) is 0 Å². The fourth-order valence-electron chi connectivity index (χ4n) is 2.14. The van der Waals surface area contributed by atoms with Gasteiger partial charge in [-0.25, -0.2) is 4.52 Å². The summed E-state index contributed by atoms with van der Waals surface area (Å²) in [6.45, 7) is 2.48. The number of rotatable bonds is 2. The van der Waals surface area contributed by atoms with Gasteiger partial charge >= 0.3 is 0 Å². The molecule has 2 N–H and O–H groups in total. The van der Waals surface area contributed by atoms with Crippen molar-refractivity contribution >= 4 is 11.2 Å². The van der Waals surface area contributed by atoms with Crippen molar-refractivity contribution in [3.8, 4) is 0 Å². The zero-order chi connectivity index (χ0) is 13.4. The first-order valence-corrected chi connectivity index (χ1v) is 6.03. The third-order valence-electron chi connectivity index (χ3n) is 3.37. The Kier molecular flexibility index (Phi) is 2.59. The minimum atomic E-state index is -0.0539. The van der Waals surface area contributed by atoms with Gasteiger partial charge in [0.15, 0.2) is 0 Å². The number of hydrogen-bond acceptors (Lipinski definition) is 3. The Bertz CT molecular complexity index is 801. The standard InChI is InChI=1S/C14H14N4O/c1-10-11(3-2-4-12(10)15)9-17-7-8-18-13(14(17)19)5-6-16-18/h2-8H,9,15H2,1H3. The smallest absolute Gasteiger partial charge is 0.276 e. The van der Waals surface area contributed by atoms with Crippen molar-refractivity contribution < 1.29 is 0 Å². The van der Waals surface area contributed by atoms with E-state index in [9.17, 15) is 4.79 Å². The second-order valence-corrected chi connectivity index (χ2v) is 4.52. The second kappa shape index (κ2) is 4.28. The Morgan fingerprint density at radius 1 is 1.26 bits per heavy atom. The van der Waals surface area contributed by atoms with Gasteiger partial charge in [-0.2, -0.15) is 5.10 Å². The summed E-state index contributed by atoms with van der Waals surface area (Å²) in [5.41, 5.74) is 9.21. The molecule has 0 atom stereocenters. The fraction of sp³-hybridized carbons (Fsp3) is 0.143. The van der Waals surface area contributed by atoms with E-state index in [1.807, 2.05) is 25.1 Å². The van der Waals surface area contributed by atoms with Gasteiger partial charge in [0.2, 0.25) is 0 Å². The number of nitrogens with two attached hydrogens (primary N) is 1. The van der Waals surface area contributed by atoms with Crippen LogP contribution in [0.15, 0.2) is 47.7 Å². The fourth-order valence-corrected chi connectivity index (χ4v) is 2.14. The van der Waals surface area contributed by atoms with Gasteiger partial charge in [-0.3, -0.25) is 4.79 Å². The molecule has 3 aromatic rings. The number of fused-ring (bicyclic) bond motifs is 1. The quantitative estimate of drug-likeness (QED) is 0.704. The molecule has 0 fully saturated rings. The van der Waals surface area contributed by atoms with Gasteiger partial charge in [0.05, 0.1) is 12.7 Å². The number of nitrogen functional groups attached to an aromatic ring is 1. The molecule has 0 bridgehead atoms. The molecule has 0 aliphatic carbocycles. The summed E-state index contributed by atoms with van der Waals surface area (Å²) < 4.78 is 3.24. The number of nitrogens with zero attached hydrogens (tertiary/aromatic N) is 3. The van der Waals surface area contributed by atoms with Crippen LogP contribution in [0, 0.1) is 6.92 Å². The Morgan fingerprint density at radius 2 is 2.11 bits per heavy atom. The molecular weight excluding hydrogens is 240 g/mol. The van der Waals surface area contributed by atoms with Crippen LogP contribution in [0.5, 0.6) is 0 Å². The van der Waals surface area contributed by atoms with Crippen molar-refractivity contribution in [1.29, 1.82) is 0 Å². The minimum absolute atomic E-state index is 0.0539. The number of aromatic nitrogens is 3. The summed E-state index contributed by atoms with van der Waals surface area (Å²) in [6, 6.07) is 7.46. The first-order valence-electron chi connectivity index (χ1n) is 6.03. The zero-order valence-electron chi connectivity index (χ0n) is 10.6. The number of benzene rings is 1. The van der Waals surface area contributed by atoms with Crippen LogP contribution in [-0.2, 0) is 6.54 Å². The van der Waals surface area contributed by atoms with E-state index in [4.69, 9.17) is 5.73 Å². The van der Waals surface area contributed by atoms with Crippen LogP contribution in [0.4, 0.5) is 5.69 Å². The molecule has 5 nitrogen and oxygen atoms in total. The molecule has 0 saturated heterocycles. The maximum absolute atomic E-state index is 12.3. The van der Waals surface area contributed by atoms with Gasteiger partial charge in [0.25, 0.3) is 5.56 Å². The molecule has 2 aromatic heterocycles. The average molecular weight is 254 g/mol. The summed E-state index contributed by atoms with van der Waals surface area (Å²) in [5.74, 6) is 0. The summed E-state index contributed by atoms with van der Waals surface area (Å²) in [6.07, 6.45) is 5.14. The van der Waals surface area contributed by atoms with E-state index in [1.54, 1.807) is 33.7 Å². The molecule has 96 valence electrons. The molecule has 0 radical (unpaired) electrons. The number of hydrogen-bond donors (Lipinski definition) is 1. The monoisotopic (exact) mass is 254 g/mol. The summed E-state index contributed by atoms with van der Waals surface area (Å²) in [7, 11) is 0. The lowest BCUT2D eigenvalue weighted by atomic mass is 10.1. The normalized spacial score (nSPS) is 11.0. The van der Waals surface area contributed by atoms with E-state index in [2.05, 4.69) is 5.10 Å². The average Bonchev–Trinajstić information content (AvgIpc) is 2.87. The highest BCUT2D eigenvalue weighted by molar-refractivity contribution is 5.50. The van der Waals surface area contributed by atoms with Gasteiger partial charge in [0.1, 0.15) is 5.52 Å². The highest BCUT2D eigenvalue weighted by Gasteiger charge is 2.06. The Balaban J connectivity index is 2.08.